The molecule has 2 N–H and O–H groups in total. The lowest BCUT2D eigenvalue weighted by atomic mass is 9.86. The molecule has 0 aliphatic carbocycles. The van der Waals surface area contributed by atoms with Gasteiger partial charge in [0.1, 0.15) is 17.5 Å². The Morgan fingerprint density at radius 3 is 2.72 bits per heavy atom. The number of hydrogen-bond acceptors (Lipinski definition) is 3. The van der Waals surface area contributed by atoms with Gasteiger partial charge in [-0.15, -0.1) is 0 Å². The van der Waals surface area contributed by atoms with E-state index in [1.807, 2.05) is 39.0 Å². The van der Waals surface area contributed by atoms with Gasteiger partial charge in [-0.3, -0.25) is 4.79 Å². The van der Waals surface area contributed by atoms with Crippen molar-refractivity contribution in [3.63, 3.8) is 0 Å². The highest BCUT2D eigenvalue weighted by atomic mass is 16.5. The highest BCUT2D eigenvalue weighted by molar-refractivity contribution is 5.74. The second-order valence-electron chi connectivity index (χ2n) is 5.37. The lowest BCUT2D eigenvalue weighted by molar-refractivity contribution is -0.123. The molecule has 1 aliphatic rings. The minimum atomic E-state index is -0.782. The van der Waals surface area contributed by atoms with Gasteiger partial charge in [0.05, 0.1) is 6.04 Å². The van der Waals surface area contributed by atoms with Crippen LogP contribution in [-0.4, -0.2) is 22.7 Å². The number of carbonyl (C=O) groups is 1. The van der Waals surface area contributed by atoms with Gasteiger partial charge in [-0.25, -0.2) is 0 Å². The van der Waals surface area contributed by atoms with Gasteiger partial charge in [-0.05, 0) is 26.8 Å². The second-order valence-corrected chi connectivity index (χ2v) is 5.37. The van der Waals surface area contributed by atoms with Gasteiger partial charge in [-0.1, -0.05) is 17.7 Å². The molecular formula is C14H19NO3. The fraction of sp³-hybridized carbons (Fsp3) is 0.500. The molecule has 0 aromatic heterocycles. The summed E-state index contributed by atoms with van der Waals surface area (Å²) in [5.41, 5.74) is 1.17. The lowest BCUT2D eigenvalue weighted by Gasteiger charge is -2.42. The molecule has 0 fully saturated rings. The first kappa shape index (κ1) is 12.9. The van der Waals surface area contributed by atoms with Crippen molar-refractivity contribution < 1.29 is 14.6 Å². The topological polar surface area (TPSA) is 58.6 Å². The molecule has 0 bridgehead atoms. The van der Waals surface area contributed by atoms with E-state index in [0.717, 1.165) is 16.9 Å². The fourth-order valence-electron chi connectivity index (χ4n) is 2.29. The number of hydrogen-bond donors (Lipinski definition) is 2. The van der Waals surface area contributed by atoms with Crippen LogP contribution in [0, 0.1) is 6.92 Å². The van der Waals surface area contributed by atoms with Gasteiger partial charge >= 0.3 is 0 Å². The average Bonchev–Trinajstić information content (AvgIpc) is 2.25. The van der Waals surface area contributed by atoms with E-state index in [4.69, 9.17) is 4.74 Å². The Bertz CT molecular complexity index is 482. The molecule has 0 radical (unpaired) electrons. The van der Waals surface area contributed by atoms with Gasteiger partial charge in [0, 0.05) is 12.5 Å². The summed E-state index contributed by atoms with van der Waals surface area (Å²) in [6.07, 6.45) is -0.782. The molecule has 1 aromatic carbocycles. The summed E-state index contributed by atoms with van der Waals surface area (Å²) >= 11 is 0. The number of amides is 1. The zero-order chi connectivity index (χ0) is 13.5. The maximum Gasteiger partial charge on any atom is 0.217 e. The molecule has 98 valence electrons. The van der Waals surface area contributed by atoms with E-state index < -0.39 is 17.7 Å². The van der Waals surface area contributed by atoms with Gasteiger partial charge in [0.15, 0.2) is 0 Å². The summed E-state index contributed by atoms with van der Waals surface area (Å²) in [5.74, 6) is 0.554. The number of aliphatic hydroxyl groups is 1. The fourth-order valence-corrected chi connectivity index (χ4v) is 2.29. The number of ether oxygens (including phenoxy) is 1. The lowest BCUT2D eigenvalue weighted by Crippen LogP contribution is -2.53. The summed E-state index contributed by atoms with van der Waals surface area (Å²) in [7, 11) is 0. The molecule has 0 spiro atoms. The van der Waals surface area contributed by atoms with Crippen LogP contribution in [-0.2, 0) is 4.79 Å². The molecular weight excluding hydrogens is 230 g/mol. The van der Waals surface area contributed by atoms with Gasteiger partial charge in [-0.2, -0.15) is 0 Å². The van der Waals surface area contributed by atoms with E-state index in [2.05, 4.69) is 5.32 Å². The summed E-state index contributed by atoms with van der Waals surface area (Å²) in [6.45, 7) is 7.05. The van der Waals surface area contributed by atoms with Crippen molar-refractivity contribution in [3.05, 3.63) is 29.3 Å². The Hall–Kier alpha value is -1.55. The molecule has 1 heterocycles. The minimum Gasteiger partial charge on any atom is -0.485 e. The first-order valence-corrected chi connectivity index (χ1v) is 6.06. The third-order valence-corrected chi connectivity index (χ3v) is 3.26. The smallest absolute Gasteiger partial charge is 0.217 e. The second kappa shape index (κ2) is 4.28. The monoisotopic (exact) mass is 249 g/mol. The van der Waals surface area contributed by atoms with Gasteiger partial charge < -0.3 is 15.2 Å². The largest absolute Gasteiger partial charge is 0.485 e. The molecule has 0 saturated heterocycles. The van der Waals surface area contributed by atoms with E-state index >= 15 is 0 Å². The van der Waals surface area contributed by atoms with Crippen LogP contribution in [0.3, 0.4) is 0 Å². The van der Waals surface area contributed by atoms with Crippen LogP contribution in [0.5, 0.6) is 5.75 Å². The molecule has 18 heavy (non-hydrogen) atoms. The standard InChI is InChI=1S/C14H19NO3/c1-8-5-6-11-10(7-8)12(15-9(2)16)13(17)14(3,4)18-11/h5-7,12-13,17H,1-4H3,(H,15,16)/t12-,13+/m0/s1. The molecule has 2 atom stereocenters. The first-order valence-electron chi connectivity index (χ1n) is 6.06. The van der Waals surface area contributed by atoms with Crippen molar-refractivity contribution in [2.75, 3.05) is 0 Å². The predicted octanol–water partition coefficient (Wildman–Crippen LogP) is 1.70. The number of carbonyl (C=O) groups excluding carboxylic acids is 1. The molecule has 2 rings (SSSR count). The van der Waals surface area contributed by atoms with E-state index in [-0.39, 0.29) is 5.91 Å². The number of aryl methyl sites for hydroxylation is 1. The molecule has 0 unspecified atom stereocenters. The number of aliphatic hydroxyl groups excluding tert-OH is 1. The maximum atomic E-state index is 11.3. The van der Waals surface area contributed by atoms with Crippen LogP contribution in [0.25, 0.3) is 0 Å². The van der Waals surface area contributed by atoms with Crippen LogP contribution >= 0.6 is 0 Å². The molecule has 4 nitrogen and oxygen atoms in total. The molecule has 4 heteroatoms. The highest BCUT2D eigenvalue weighted by Crippen LogP contribution is 2.40. The van der Waals surface area contributed by atoms with Crippen molar-refractivity contribution in [3.8, 4) is 5.75 Å². The molecule has 1 amide bonds. The number of nitrogens with one attached hydrogen (secondary N) is 1. The Morgan fingerprint density at radius 2 is 2.11 bits per heavy atom. The zero-order valence-electron chi connectivity index (χ0n) is 11.2. The highest BCUT2D eigenvalue weighted by Gasteiger charge is 2.43. The van der Waals surface area contributed by atoms with E-state index in [9.17, 15) is 9.90 Å². The van der Waals surface area contributed by atoms with Crippen LogP contribution < -0.4 is 10.1 Å². The summed E-state index contributed by atoms with van der Waals surface area (Å²) in [5, 5.41) is 13.1. The third-order valence-electron chi connectivity index (χ3n) is 3.26. The maximum absolute atomic E-state index is 11.3. The Balaban J connectivity index is 2.49. The van der Waals surface area contributed by atoms with Crippen LogP contribution in [0.15, 0.2) is 18.2 Å². The average molecular weight is 249 g/mol. The summed E-state index contributed by atoms with van der Waals surface area (Å²) in [4.78, 5) is 11.3. The van der Waals surface area contributed by atoms with E-state index in [1.54, 1.807) is 0 Å². The summed E-state index contributed by atoms with van der Waals surface area (Å²) < 4.78 is 5.80. The van der Waals surface area contributed by atoms with Crippen LogP contribution in [0.4, 0.5) is 0 Å². The Kier molecular flexibility index (Phi) is 3.07. The van der Waals surface area contributed by atoms with Crippen LogP contribution in [0.1, 0.15) is 37.9 Å². The minimum absolute atomic E-state index is 0.163. The third kappa shape index (κ3) is 2.20. The summed E-state index contributed by atoms with van der Waals surface area (Å²) in [6, 6.07) is 5.35. The normalized spacial score (nSPS) is 24.9. The van der Waals surface area contributed by atoms with Crippen molar-refractivity contribution in [2.45, 2.75) is 45.4 Å². The SMILES string of the molecule is CC(=O)N[C@H]1c2cc(C)ccc2OC(C)(C)[C@@H]1O. The number of benzene rings is 1. The van der Waals surface area contributed by atoms with Crippen molar-refractivity contribution >= 4 is 5.91 Å². The molecule has 1 aliphatic heterocycles. The zero-order valence-corrected chi connectivity index (χ0v) is 11.2. The van der Waals surface area contributed by atoms with Crippen molar-refractivity contribution in [1.82, 2.24) is 5.32 Å². The van der Waals surface area contributed by atoms with Gasteiger partial charge in [0.25, 0.3) is 0 Å². The molecule has 1 aromatic rings. The molecule has 0 saturated carbocycles. The quantitative estimate of drug-likeness (QED) is 0.796. The van der Waals surface area contributed by atoms with Gasteiger partial charge in [0.2, 0.25) is 5.91 Å². The first-order chi connectivity index (χ1) is 8.31. The van der Waals surface area contributed by atoms with Crippen LogP contribution in [0.2, 0.25) is 0 Å². The number of fused-ring (bicyclic) bond motifs is 1. The van der Waals surface area contributed by atoms with Crippen molar-refractivity contribution in [1.29, 1.82) is 0 Å². The predicted molar refractivity (Wildman–Crippen MR) is 68.5 cm³/mol. The Morgan fingerprint density at radius 1 is 1.44 bits per heavy atom. The van der Waals surface area contributed by atoms with E-state index in [1.165, 1.54) is 6.92 Å². The number of rotatable bonds is 1. The Labute approximate surface area is 107 Å². The van der Waals surface area contributed by atoms with Crippen molar-refractivity contribution in [2.24, 2.45) is 0 Å². The van der Waals surface area contributed by atoms with E-state index in [0.29, 0.717) is 0 Å².